The van der Waals surface area contributed by atoms with E-state index in [-0.39, 0.29) is 11.8 Å². The van der Waals surface area contributed by atoms with Gasteiger partial charge in [-0.25, -0.2) is 4.98 Å². The third kappa shape index (κ3) is 4.17. The zero-order valence-electron chi connectivity index (χ0n) is 15.2. The highest BCUT2D eigenvalue weighted by Gasteiger charge is 2.25. The molecule has 2 aromatic carbocycles. The lowest BCUT2D eigenvalue weighted by atomic mass is 9.85. The van der Waals surface area contributed by atoms with Crippen LogP contribution in [0.25, 0.3) is 0 Å². The minimum absolute atomic E-state index is 0.0886. The van der Waals surface area contributed by atoms with E-state index in [0.717, 1.165) is 37.2 Å². The van der Waals surface area contributed by atoms with Gasteiger partial charge in [0, 0.05) is 18.2 Å². The van der Waals surface area contributed by atoms with Gasteiger partial charge in [0.25, 0.3) is 0 Å². The van der Waals surface area contributed by atoms with Crippen LogP contribution >= 0.6 is 0 Å². The third-order valence-electron chi connectivity index (χ3n) is 5.04. The van der Waals surface area contributed by atoms with Gasteiger partial charge < -0.3 is 10.2 Å². The summed E-state index contributed by atoms with van der Waals surface area (Å²) in [5, 5.41) is 2.93. The van der Waals surface area contributed by atoms with Crippen molar-refractivity contribution in [3.63, 3.8) is 0 Å². The van der Waals surface area contributed by atoms with Crippen molar-refractivity contribution < 1.29 is 4.79 Å². The van der Waals surface area contributed by atoms with Gasteiger partial charge in [0.1, 0.15) is 5.82 Å². The van der Waals surface area contributed by atoms with Crippen LogP contribution in [0.2, 0.25) is 0 Å². The maximum Gasteiger partial charge on any atom is 0.228 e. The highest BCUT2D eigenvalue weighted by Crippen LogP contribution is 2.29. The molecule has 1 fully saturated rings. The van der Waals surface area contributed by atoms with E-state index in [1.165, 1.54) is 5.56 Å². The summed E-state index contributed by atoms with van der Waals surface area (Å²) in [7, 11) is 0. The van der Waals surface area contributed by atoms with Crippen LogP contribution in [-0.2, 0) is 11.3 Å². The van der Waals surface area contributed by atoms with E-state index < -0.39 is 0 Å². The lowest BCUT2D eigenvalue weighted by Gasteiger charge is -2.26. The third-order valence-corrected chi connectivity index (χ3v) is 5.04. The van der Waals surface area contributed by atoms with Crippen LogP contribution < -0.4 is 10.2 Å². The number of benzene rings is 2. The normalized spacial score (nSPS) is 13.6. The molecule has 1 N–H and O–H groups in total. The summed E-state index contributed by atoms with van der Waals surface area (Å²) in [6.07, 6.45) is 4.95. The number of hydrogen-bond donors (Lipinski definition) is 1. The van der Waals surface area contributed by atoms with Crippen molar-refractivity contribution in [1.29, 1.82) is 0 Å². The van der Waals surface area contributed by atoms with E-state index in [2.05, 4.69) is 51.6 Å². The van der Waals surface area contributed by atoms with Gasteiger partial charge in [0.05, 0.1) is 11.9 Å². The summed E-state index contributed by atoms with van der Waals surface area (Å²) < 4.78 is 0. The van der Waals surface area contributed by atoms with Crippen molar-refractivity contribution >= 4 is 23.1 Å². The van der Waals surface area contributed by atoms with E-state index in [4.69, 9.17) is 0 Å². The molecule has 1 aliphatic carbocycles. The number of aromatic nitrogens is 1. The Bertz CT molecular complexity index is 875. The van der Waals surface area contributed by atoms with Gasteiger partial charge in [0.15, 0.2) is 0 Å². The Morgan fingerprint density at radius 1 is 0.926 bits per heavy atom. The smallest absolute Gasteiger partial charge is 0.228 e. The van der Waals surface area contributed by atoms with Crippen molar-refractivity contribution in [2.24, 2.45) is 5.92 Å². The second kappa shape index (κ2) is 8.04. The van der Waals surface area contributed by atoms with Crippen LogP contribution in [-0.4, -0.2) is 10.9 Å². The van der Waals surface area contributed by atoms with Gasteiger partial charge in [0.2, 0.25) is 5.91 Å². The first-order valence-corrected chi connectivity index (χ1v) is 9.43. The summed E-state index contributed by atoms with van der Waals surface area (Å²) in [5.41, 5.74) is 3.32. The largest absolute Gasteiger partial charge is 0.336 e. The highest BCUT2D eigenvalue weighted by molar-refractivity contribution is 5.92. The molecule has 0 bridgehead atoms. The maximum atomic E-state index is 12.1. The van der Waals surface area contributed by atoms with Gasteiger partial charge in [-0.3, -0.25) is 4.79 Å². The van der Waals surface area contributed by atoms with E-state index in [1.54, 1.807) is 0 Å². The molecule has 1 amide bonds. The molecule has 4 rings (SSSR count). The van der Waals surface area contributed by atoms with E-state index in [0.29, 0.717) is 5.82 Å². The van der Waals surface area contributed by atoms with Crippen LogP contribution in [0.4, 0.5) is 17.2 Å². The minimum atomic E-state index is 0.0886. The number of amides is 1. The second-order valence-electron chi connectivity index (χ2n) is 6.93. The molecule has 0 spiro atoms. The molecule has 0 atom stereocenters. The first-order chi connectivity index (χ1) is 13.3. The standard InChI is InChI=1S/C23H23N3O/c27-23(19-10-7-11-19)25-22-15-14-21(16-24-22)26(20-12-5-2-6-13-20)17-18-8-3-1-4-9-18/h1-6,8-9,12-16,19H,7,10-11,17H2,(H,24,25,27). The fourth-order valence-electron chi connectivity index (χ4n) is 3.22. The lowest BCUT2D eigenvalue weighted by molar-refractivity contribution is -0.122. The maximum absolute atomic E-state index is 12.1. The molecule has 1 aliphatic rings. The Morgan fingerprint density at radius 3 is 2.22 bits per heavy atom. The lowest BCUT2D eigenvalue weighted by Crippen LogP contribution is -2.28. The second-order valence-corrected chi connectivity index (χ2v) is 6.93. The molecule has 136 valence electrons. The number of anilines is 3. The number of pyridine rings is 1. The molecular formula is C23H23N3O. The highest BCUT2D eigenvalue weighted by atomic mass is 16.2. The predicted molar refractivity (Wildman–Crippen MR) is 109 cm³/mol. The molecule has 0 radical (unpaired) electrons. The summed E-state index contributed by atoms with van der Waals surface area (Å²) in [6, 6.07) is 24.5. The Hall–Kier alpha value is -3.14. The molecule has 0 unspecified atom stereocenters. The topological polar surface area (TPSA) is 45.2 Å². The van der Waals surface area contributed by atoms with Crippen LogP contribution in [0.3, 0.4) is 0 Å². The van der Waals surface area contributed by atoms with Crippen LogP contribution in [0, 0.1) is 5.92 Å². The van der Waals surface area contributed by atoms with Crippen molar-refractivity contribution in [3.05, 3.63) is 84.6 Å². The summed E-state index contributed by atoms with van der Waals surface area (Å²) in [4.78, 5) is 18.8. The number of rotatable bonds is 6. The van der Waals surface area contributed by atoms with E-state index in [9.17, 15) is 4.79 Å². The fraction of sp³-hybridized carbons (Fsp3) is 0.217. The number of nitrogens with zero attached hydrogens (tertiary/aromatic N) is 2. The van der Waals surface area contributed by atoms with Crippen LogP contribution in [0.1, 0.15) is 24.8 Å². The Morgan fingerprint density at radius 2 is 1.63 bits per heavy atom. The number of carbonyl (C=O) groups is 1. The van der Waals surface area contributed by atoms with Gasteiger partial charge in [-0.05, 0) is 42.7 Å². The van der Waals surface area contributed by atoms with Gasteiger partial charge in [-0.1, -0.05) is 55.0 Å². The van der Waals surface area contributed by atoms with Gasteiger partial charge in [-0.2, -0.15) is 0 Å². The minimum Gasteiger partial charge on any atom is -0.336 e. The SMILES string of the molecule is O=C(Nc1ccc(N(Cc2ccccc2)c2ccccc2)cn1)C1CCC1. The van der Waals surface area contributed by atoms with Gasteiger partial charge >= 0.3 is 0 Å². The number of carbonyl (C=O) groups excluding carboxylic acids is 1. The first kappa shape index (κ1) is 17.3. The molecule has 4 heteroatoms. The molecule has 1 saturated carbocycles. The molecule has 1 heterocycles. The molecule has 4 nitrogen and oxygen atoms in total. The number of nitrogens with one attached hydrogen (secondary N) is 1. The predicted octanol–water partition coefficient (Wildman–Crippen LogP) is 5.16. The van der Waals surface area contributed by atoms with Crippen LogP contribution in [0.15, 0.2) is 79.0 Å². The molecule has 3 aromatic rings. The number of hydrogen-bond acceptors (Lipinski definition) is 3. The monoisotopic (exact) mass is 357 g/mol. The first-order valence-electron chi connectivity index (χ1n) is 9.43. The Labute approximate surface area is 159 Å². The molecule has 27 heavy (non-hydrogen) atoms. The molecule has 0 aliphatic heterocycles. The average molecular weight is 357 g/mol. The Kier molecular flexibility index (Phi) is 5.15. The van der Waals surface area contributed by atoms with E-state index >= 15 is 0 Å². The molecule has 1 aromatic heterocycles. The van der Waals surface area contributed by atoms with Crippen molar-refractivity contribution in [3.8, 4) is 0 Å². The Balaban J connectivity index is 1.55. The zero-order valence-corrected chi connectivity index (χ0v) is 15.2. The summed E-state index contributed by atoms with van der Waals surface area (Å²) >= 11 is 0. The molecule has 0 saturated heterocycles. The molecular weight excluding hydrogens is 334 g/mol. The van der Waals surface area contributed by atoms with Crippen molar-refractivity contribution in [1.82, 2.24) is 4.98 Å². The van der Waals surface area contributed by atoms with Gasteiger partial charge in [-0.15, -0.1) is 0 Å². The summed E-state index contributed by atoms with van der Waals surface area (Å²) in [6.45, 7) is 0.750. The summed E-state index contributed by atoms with van der Waals surface area (Å²) in [5.74, 6) is 0.861. The fourth-order valence-corrected chi connectivity index (χ4v) is 3.22. The van der Waals surface area contributed by atoms with Crippen LogP contribution in [0.5, 0.6) is 0 Å². The average Bonchev–Trinajstić information content (AvgIpc) is 2.67. The van der Waals surface area contributed by atoms with Crippen molar-refractivity contribution in [2.45, 2.75) is 25.8 Å². The van der Waals surface area contributed by atoms with Crippen molar-refractivity contribution in [2.75, 3.05) is 10.2 Å². The zero-order chi connectivity index (χ0) is 18.5. The quantitative estimate of drug-likeness (QED) is 0.663. The number of para-hydroxylation sites is 1. The van der Waals surface area contributed by atoms with E-state index in [1.807, 2.05) is 42.6 Å².